The Bertz CT molecular complexity index is 521. The summed E-state index contributed by atoms with van der Waals surface area (Å²) in [5, 5.41) is 13.1. The molecular weight excluding hydrogens is 295 g/mol. The van der Waals surface area contributed by atoms with E-state index in [1.165, 1.54) is 0 Å². The quantitative estimate of drug-likeness (QED) is 0.867. The van der Waals surface area contributed by atoms with Gasteiger partial charge in [0.15, 0.2) is 5.69 Å². The molecule has 1 aliphatic carbocycles. The van der Waals surface area contributed by atoms with Gasteiger partial charge in [-0.3, -0.25) is 4.68 Å². The minimum atomic E-state index is -4.86. The average molecular weight is 312 g/mol. The number of alkyl halides is 5. The first-order valence-corrected chi connectivity index (χ1v) is 6.76. The summed E-state index contributed by atoms with van der Waals surface area (Å²) in [6.45, 7) is 4.03. The van der Waals surface area contributed by atoms with Gasteiger partial charge < -0.3 is 5.11 Å². The molecule has 3 nitrogen and oxygen atoms in total. The highest BCUT2D eigenvalue weighted by atomic mass is 19.4. The number of hydrogen-bond donors (Lipinski definition) is 1. The van der Waals surface area contributed by atoms with Crippen LogP contribution >= 0.6 is 0 Å². The van der Waals surface area contributed by atoms with Crippen LogP contribution in [0.15, 0.2) is 0 Å². The van der Waals surface area contributed by atoms with Gasteiger partial charge in [-0.05, 0) is 18.8 Å². The van der Waals surface area contributed by atoms with Gasteiger partial charge in [0.2, 0.25) is 0 Å². The molecule has 1 aromatic rings. The number of aliphatic hydroxyl groups excluding tert-OH is 1. The molecule has 0 saturated heterocycles. The third-order valence-corrected chi connectivity index (χ3v) is 3.65. The van der Waals surface area contributed by atoms with E-state index in [4.69, 9.17) is 0 Å². The number of fused-ring (bicyclic) bond motifs is 1. The van der Waals surface area contributed by atoms with E-state index in [0.29, 0.717) is 6.42 Å². The molecule has 1 N–H and O–H groups in total. The molecular formula is C13H17F5N2O. The second-order valence-electron chi connectivity index (χ2n) is 5.78. The summed E-state index contributed by atoms with van der Waals surface area (Å²) in [5.41, 5.74) is -2.09. The average Bonchev–Trinajstić information content (AvgIpc) is 2.70. The van der Waals surface area contributed by atoms with Gasteiger partial charge in [0.25, 0.3) is 5.92 Å². The maximum Gasteiger partial charge on any atom is 0.435 e. The van der Waals surface area contributed by atoms with E-state index in [0.717, 1.165) is 4.68 Å². The molecule has 1 aromatic heterocycles. The molecule has 0 bridgehead atoms. The lowest BCUT2D eigenvalue weighted by atomic mass is 9.89. The zero-order chi connectivity index (χ0) is 16.0. The molecule has 0 spiro atoms. The maximum absolute atomic E-state index is 13.5. The van der Waals surface area contributed by atoms with E-state index in [-0.39, 0.29) is 24.6 Å². The monoisotopic (exact) mass is 312 g/mol. The van der Waals surface area contributed by atoms with Crippen molar-refractivity contribution in [1.29, 1.82) is 0 Å². The normalized spacial score (nSPS) is 21.7. The highest BCUT2D eigenvalue weighted by Gasteiger charge is 2.51. The Morgan fingerprint density at radius 3 is 2.52 bits per heavy atom. The molecule has 120 valence electrons. The lowest BCUT2D eigenvalue weighted by molar-refractivity contribution is -0.150. The largest absolute Gasteiger partial charge is 0.435 e. The van der Waals surface area contributed by atoms with Crippen molar-refractivity contribution in [3.8, 4) is 0 Å². The molecule has 1 aliphatic rings. The number of nitrogens with zero attached hydrogens (tertiary/aromatic N) is 2. The standard InChI is InChI=1S/C13H17F5N2O/c1-7(2)4-6-20-8-3-5-12(14,15)11(21)9(8)10(19-20)13(16,17)18/h7,11,21H,3-6H2,1-2H3/t11-/m0/s1. The van der Waals surface area contributed by atoms with E-state index >= 15 is 0 Å². The van der Waals surface area contributed by atoms with Crippen molar-refractivity contribution in [2.45, 2.75) is 57.9 Å². The number of aliphatic hydroxyl groups is 1. The lowest BCUT2D eigenvalue weighted by Gasteiger charge is -2.28. The van der Waals surface area contributed by atoms with Gasteiger partial charge in [0.05, 0.1) is 0 Å². The van der Waals surface area contributed by atoms with Crippen LogP contribution in [0.4, 0.5) is 22.0 Å². The van der Waals surface area contributed by atoms with Gasteiger partial charge in [-0.25, -0.2) is 8.78 Å². The van der Waals surface area contributed by atoms with Gasteiger partial charge in [-0.15, -0.1) is 0 Å². The van der Waals surface area contributed by atoms with Crippen molar-refractivity contribution in [1.82, 2.24) is 9.78 Å². The fourth-order valence-corrected chi connectivity index (χ4v) is 2.47. The van der Waals surface area contributed by atoms with E-state index < -0.39 is 35.9 Å². The van der Waals surface area contributed by atoms with Crippen LogP contribution in [-0.4, -0.2) is 20.8 Å². The Morgan fingerprint density at radius 2 is 2.00 bits per heavy atom. The Hall–Kier alpha value is -1.18. The summed E-state index contributed by atoms with van der Waals surface area (Å²) in [4.78, 5) is 0. The van der Waals surface area contributed by atoms with Crippen molar-refractivity contribution in [2.24, 2.45) is 5.92 Å². The van der Waals surface area contributed by atoms with E-state index in [2.05, 4.69) is 5.10 Å². The molecule has 0 aliphatic heterocycles. The Balaban J connectivity index is 2.48. The number of halogens is 5. The summed E-state index contributed by atoms with van der Waals surface area (Å²) < 4.78 is 67.1. The van der Waals surface area contributed by atoms with Gasteiger partial charge in [0, 0.05) is 24.2 Å². The van der Waals surface area contributed by atoms with E-state index in [9.17, 15) is 27.1 Å². The van der Waals surface area contributed by atoms with Crippen LogP contribution in [0.25, 0.3) is 0 Å². The first kappa shape index (κ1) is 16.2. The Labute approximate surface area is 118 Å². The van der Waals surface area contributed by atoms with Gasteiger partial charge in [-0.1, -0.05) is 13.8 Å². The Kier molecular flexibility index (Phi) is 4.03. The summed E-state index contributed by atoms with van der Waals surface area (Å²) in [5.74, 6) is -3.31. The molecule has 0 fully saturated rings. The smallest absolute Gasteiger partial charge is 0.382 e. The minimum Gasteiger partial charge on any atom is -0.382 e. The highest BCUT2D eigenvalue weighted by Crippen LogP contribution is 2.46. The summed E-state index contributed by atoms with van der Waals surface area (Å²) in [6.07, 6.45) is -7.63. The van der Waals surface area contributed by atoms with Crippen molar-refractivity contribution in [3.63, 3.8) is 0 Å². The van der Waals surface area contributed by atoms with Crippen molar-refractivity contribution in [3.05, 3.63) is 17.0 Å². The number of rotatable bonds is 3. The second kappa shape index (κ2) is 5.23. The van der Waals surface area contributed by atoms with Gasteiger partial charge >= 0.3 is 6.18 Å². The molecule has 21 heavy (non-hydrogen) atoms. The van der Waals surface area contributed by atoms with Crippen LogP contribution in [0.1, 0.15) is 49.7 Å². The molecule has 0 amide bonds. The predicted molar refractivity (Wildman–Crippen MR) is 64.9 cm³/mol. The minimum absolute atomic E-state index is 0.0707. The number of aryl methyl sites for hydroxylation is 1. The van der Waals surface area contributed by atoms with Crippen LogP contribution in [0, 0.1) is 5.92 Å². The van der Waals surface area contributed by atoms with Crippen molar-refractivity contribution in [2.75, 3.05) is 0 Å². The first-order chi connectivity index (χ1) is 9.54. The zero-order valence-electron chi connectivity index (χ0n) is 11.7. The van der Waals surface area contributed by atoms with Crippen LogP contribution < -0.4 is 0 Å². The first-order valence-electron chi connectivity index (χ1n) is 6.76. The number of aromatic nitrogens is 2. The van der Waals surface area contributed by atoms with Crippen LogP contribution in [0.5, 0.6) is 0 Å². The fraction of sp³-hybridized carbons (Fsp3) is 0.769. The van der Waals surface area contributed by atoms with Crippen LogP contribution in [-0.2, 0) is 19.1 Å². The number of hydrogen-bond acceptors (Lipinski definition) is 2. The van der Waals surface area contributed by atoms with Gasteiger partial charge in [0.1, 0.15) is 6.10 Å². The van der Waals surface area contributed by atoms with Gasteiger partial charge in [-0.2, -0.15) is 18.3 Å². The zero-order valence-corrected chi connectivity index (χ0v) is 11.7. The molecule has 0 unspecified atom stereocenters. The van der Waals surface area contributed by atoms with Crippen molar-refractivity contribution >= 4 is 0 Å². The molecule has 8 heteroatoms. The summed E-state index contributed by atoms with van der Waals surface area (Å²) in [7, 11) is 0. The van der Waals surface area contributed by atoms with E-state index in [1.807, 2.05) is 13.8 Å². The molecule has 2 rings (SSSR count). The third-order valence-electron chi connectivity index (χ3n) is 3.65. The molecule has 0 saturated carbocycles. The lowest BCUT2D eigenvalue weighted by Crippen LogP contribution is -2.33. The molecule has 0 aromatic carbocycles. The highest BCUT2D eigenvalue weighted by molar-refractivity contribution is 5.35. The molecule has 1 heterocycles. The third kappa shape index (κ3) is 3.04. The van der Waals surface area contributed by atoms with Crippen molar-refractivity contribution < 1.29 is 27.1 Å². The summed E-state index contributed by atoms with van der Waals surface area (Å²) in [6, 6.07) is 0. The van der Waals surface area contributed by atoms with Crippen LogP contribution in [0.2, 0.25) is 0 Å². The van der Waals surface area contributed by atoms with E-state index in [1.54, 1.807) is 0 Å². The topological polar surface area (TPSA) is 38.0 Å². The molecule has 0 radical (unpaired) electrons. The predicted octanol–water partition coefficient (Wildman–Crippen LogP) is 3.56. The molecule has 1 atom stereocenters. The SMILES string of the molecule is CC(C)CCn1nc(C(F)(F)F)c2c1CCC(F)(F)[C@H]2O. The Morgan fingerprint density at radius 1 is 1.38 bits per heavy atom. The second-order valence-corrected chi connectivity index (χ2v) is 5.78. The van der Waals surface area contributed by atoms with Crippen LogP contribution in [0.3, 0.4) is 0 Å². The fourth-order valence-electron chi connectivity index (χ4n) is 2.47. The summed E-state index contributed by atoms with van der Waals surface area (Å²) >= 11 is 0. The maximum atomic E-state index is 13.5.